The molecule has 60 valence electrons. The fourth-order valence-electron chi connectivity index (χ4n) is 1.20. The fourth-order valence-corrected chi connectivity index (χ4v) is 1.20. The summed E-state index contributed by atoms with van der Waals surface area (Å²) < 4.78 is 12.2. The molecule has 0 amide bonds. The van der Waals surface area contributed by atoms with Crippen molar-refractivity contribution in [2.24, 2.45) is 0 Å². The molecule has 0 unspecified atom stereocenters. The minimum absolute atomic E-state index is 0.359. The third-order valence-electron chi connectivity index (χ3n) is 2.14. The number of halogens is 1. The molecule has 0 radical (unpaired) electrons. The summed E-state index contributed by atoms with van der Waals surface area (Å²) in [4.78, 5) is 0. The van der Waals surface area contributed by atoms with Crippen molar-refractivity contribution < 1.29 is 4.39 Å². The van der Waals surface area contributed by atoms with Crippen LogP contribution in [-0.2, 0) is 6.67 Å². The lowest BCUT2D eigenvalue weighted by molar-refractivity contribution is 0.485. The third kappa shape index (κ3) is 1.59. The first-order valence-electron chi connectivity index (χ1n) is 3.78. The summed E-state index contributed by atoms with van der Waals surface area (Å²) >= 11 is 0. The maximum Gasteiger partial charge on any atom is 0.115 e. The highest BCUT2D eigenvalue weighted by Gasteiger charge is 1.99. The molecule has 1 rings (SSSR count). The smallest absolute Gasteiger partial charge is 0.115 e. The van der Waals surface area contributed by atoms with Crippen molar-refractivity contribution in [3.8, 4) is 0 Å². The highest BCUT2D eigenvalue weighted by Crippen LogP contribution is 2.15. The number of aryl methyl sites for hydroxylation is 2. The van der Waals surface area contributed by atoms with Crippen LogP contribution in [0.1, 0.15) is 22.3 Å². The number of hydrogen-bond donors (Lipinski definition) is 0. The molecule has 0 aliphatic carbocycles. The van der Waals surface area contributed by atoms with Gasteiger partial charge >= 0.3 is 0 Å². The van der Waals surface area contributed by atoms with Crippen molar-refractivity contribution in [3.05, 3.63) is 34.4 Å². The van der Waals surface area contributed by atoms with Gasteiger partial charge in [-0.1, -0.05) is 12.1 Å². The number of rotatable bonds is 1. The quantitative estimate of drug-likeness (QED) is 0.580. The van der Waals surface area contributed by atoms with E-state index in [9.17, 15) is 4.39 Å². The lowest BCUT2D eigenvalue weighted by Crippen LogP contribution is -1.89. The third-order valence-corrected chi connectivity index (χ3v) is 2.14. The molecular weight excluding hydrogens is 139 g/mol. The topological polar surface area (TPSA) is 0 Å². The molecule has 0 spiro atoms. The molecule has 0 bridgehead atoms. The van der Waals surface area contributed by atoms with E-state index in [1.165, 1.54) is 16.7 Å². The van der Waals surface area contributed by atoms with Crippen LogP contribution in [0.2, 0.25) is 0 Å². The molecule has 0 aliphatic rings. The monoisotopic (exact) mass is 152 g/mol. The van der Waals surface area contributed by atoms with E-state index in [1.807, 2.05) is 26.0 Å². The first-order valence-corrected chi connectivity index (χ1v) is 3.78. The Morgan fingerprint density at radius 3 is 1.91 bits per heavy atom. The lowest BCUT2D eigenvalue weighted by atomic mass is 10.0. The van der Waals surface area contributed by atoms with Gasteiger partial charge in [0.15, 0.2) is 0 Å². The van der Waals surface area contributed by atoms with Crippen LogP contribution < -0.4 is 0 Å². The standard InChI is InChI=1S/C10H13F/c1-7-4-10(6-11)5-8(2)9(7)3/h4-5H,6H2,1-3H3. The normalized spacial score (nSPS) is 10.2. The van der Waals surface area contributed by atoms with Crippen LogP contribution in [0.5, 0.6) is 0 Å². The lowest BCUT2D eigenvalue weighted by Gasteiger charge is -2.05. The summed E-state index contributed by atoms with van der Waals surface area (Å²) in [5, 5.41) is 0. The second-order valence-corrected chi connectivity index (χ2v) is 2.99. The zero-order valence-electron chi connectivity index (χ0n) is 7.24. The van der Waals surface area contributed by atoms with Crippen LogP contribution in [0, 0.1) is 20.8 Å². The van der Waals surface area contributed by atoms with Crippen LogP contribution in [0.3, 0.4) is 0 Å². The Kier molecular flexibility index (Phi) is 2.28. The van der Waals surface area contributed by atoms with Crippen LogP contribution in [0.25, 0.3) is 0 Å². The van der Waals surface area contributed by atoms with E-state index in [-0.39, 0.29) is 6.67 Å². The Bertz CT molecular complexity index is 241. The predicted molar refractivity (Wildman–Crippen MR) is 45.5 cm³/mol. The second-order valence-electron chi connectivity index (χ2n) is 2.99. The molecule has 0 saturated carbocycles. The molecule has 0 heterocycles. The minimum atomic E-state index is -0.359. The van der Waals surface area contributed by atoms with Crippen molar-refractivity contribution in [1.82, 2.24) is 0 Å². The Morgan fingerprint density at radius 2 is 1.55 bits per heavy atom. The van der Waals surface area contributed by atoms with Crippen LogP contribution in [0.4, 0.5) is 4.39 Å². The molecule has 0 fully saturated rings. The average Bonchev–Trinajstić information content (AvgIpc) is 1.99. The zero-order valence-corrected chi connectivity index (χ0v) is 7.24. The molecule has 0 aromatic heterocycles. The van der Waals surface area contributed by atoms with Gasteiger partial charge in [0.2, 0.25) is 0 Å². The van der Waals surface area contributed by atoms with Gasteiger partial charge in [-0.3, -0.25) is 0 Å². The minimum Gasteiger partial charge on any atom is -0.246 e. The largest absolute Gasteiger partial charge is 0.246 e. The van der Waals surface area contributed by atoms with E-state index in [2.05, 4.69) is 6.92 Å². The molecule has 11 heavy (non-hydrogen) atoms. The molecule has 0 N–H and O–H groups in total. The first kappa shape index (κ1) is 8.25. The summed E-state index contributed by atoms with van der Waals surface area (Å²) in [6.45, 7) is 5.73. The van der Waals surface area contributed by atoms with Gasteiger partial charge in [-0.05, 0) is 43.0 Å². The van der Waals surface area contributed by atoms with Gasteiger partial charge < -0.3 is 0 Å². The Balaban J connectivity index is 3.21. The van der Waals surface area contributed by atoms with Crippen LogP contribution in [-0.4, -0.2) is 0 Å². The maximum absolute atomic E-state index is 12.2. The van der Waals surface area contributed by atoms with E-state index < -0.39 is 0 Å². The summed E-state index contributed by atoms with van der Waals surface area (Å²) in [5.74, 6) is 0. The van der Waals surface area contributed by atoms with Crippen LogP contribution in [0.15, 0.2) is 12.1 Å². The molecule has 0 atom stereocenters. The van der Waals surface area contributed by atoms with Gasteiger partial charge in [0.1, 0.15) is 6.67 Å². The van der Waals surface area contributed by atoms with E-state index in [4.69, 9.17) is 0 Å². The molecule has 1 aromatic rings. The number of benzene rings is 1. The van der Waals surface area contributed by atoms with Crippen molar-refractivity contribution in [3.63, 3.8) is 0 Å². The maximum atomic E-state index is 12.2. The van der Waals surface area contributed by atoms with Gasteiger partial charge in [-0.15, -0.1) is 0 Å². The van der Waals surface area contributed by atoms with Gasteiger partial charge in [-0.25, -0.2) is 4.39 Å². The summed E-state index contributed by atoms with van der Waals surface area (Å²) in [6, 6.07) is 3.81. The van der Waals surface area contributed by atoms with Crippen molar-refractivity contribution in [1.29, 1.82) is 0 Å². The SMILES string of the molecule is Cc1cc(CF)cc(C)c1C. The zero-order chi connectivity index (χ0) is 8.43. The molecule has 0 saturated heterocycles. The Morgan fingerprint density at radius 1 is 1.09 bits per heavy atom. The summed E-state index contributed by atoms with van der Waals surface area (Å²) in [7, 11) is 0. The fraction of sp³-hybridized carbons (Fsp3) is 0.400. The van der Waals surface area contributed by atoms with Gasteiger partial charge in [0.05, 0.1) is 0 Å². The van der Waals surface area contributed by atoms with Crippen LogP contribution >= 0.6 is 0 Å². The Labute approximate surface area is 67.1 Å². The number of alkyl halides is 1. The predicted octanol–water partition coefficient (Wildman–Crippen LogP) is 3.08. The van der Waals surface area contributed by atoms with Gasteiger partial charge in [0, 0.05) is 0 Å². The average molecular weight is 152 g/mol. The highest BCUT2D eigenvalue weighted by molar-refractivity contribution is 5.36. The van der Waals surface area contributed by atoms with Crippen molar-refractivity contribution >= 4 is 0 Å². The van der Waals surface area contributed by atoms with Gasteiger partial charge in [-0.2, -0.15) is 0 Å². The van der Waals surface area contributed by atoms with Gasteiger partial charge in [0.25, 0.3) is 0 Å². The first-order chi connectivity index (χ1) is 5.15. The number of hydrogen-bond acceptors (Lipinski definition) is 0. The molecule has 0 aliphatic heterocycles. The van der Waals surface area contributed by atoms with E-state index in [1.54, 1.807) is 0 Å². The van der Waals surface area contributed by atoms with E-state index >= 15 is 0 Å². The molecule has 1 aromatic carbocycles. The van der Waals surface area contributed by atoms with Crippen molar-refractivity contribution in [2.75, 3.05) is 0 Å². The summed E-state index contributed by atoms with van der Waals surface area (Å²) in [5.41, 5.74) is 4.41. The highest BCUT2D eigenvalue weighted by atomic mass is 19.1. The molecular formula is C10H13F. The molecule has 0 nitrogen and oxygen atoms in total. The van der Waals surface area contributed by atoms with E-state index in [0.717, 1.165) is 5.56 Å². The van der Waals surface area contributed by atoms with Crippen molar-refractivity contribution in [2.45, 2.75) is 27.4 Å². The molecule has 1 heteroatoms. The Hall–Kier alpha value is -0.850. The van der Waals surface area contributed by atoms with E-state index in [0.29, 0.717) is 0 Å². The summed E-state index contributed by atoms with van der Waals surface area (Å²) in [6.07, 6.45) is 0. The second kappa shape index (κ2) is 3.04.